The van der Waals surface area contributed by atoms with Gasteiger partial charge in [-0.3, -0.25) is 4.79 Å². The lowest BCUT2D eigenvalue weighted by molar-refractivity contribution is -0.136. The second-order valence-corrected chi connectivity index (χ2v) is 6.09. The first-order valence-corrected chi connectivity index (χ1v) is 7.07. The molecule has 0 aliphatic carbocycles. The number of amides is 1. The van der Waals surface area contributed by atoms with Gasteiger partial charge in [-0.2, -0.15) is 0 Å². The number of nitrogens with zero attached hydrogens (tertiary/aromatic N) is 1. The van der Waals surface area contributed by atoms with Crippen LogP contribution >= 0.6 is 0 Å². The van der Waals surface area contributed by atoms with Crippen LogP contribution in [0.5, 0.6) is 0 Å². The van der Waals surface area contributed by atoms with E-state index in [4.69, 9.17) is 5.73 Å². The number of rotatable bonds is 3. The molecule has 1 aromatic rings. The largest absolute Gasteiger partial charge is 0.380 e. The monoisotopic (exact) mass is 297 g/mol. The average Bonchev–Trinajstić information content (AvgIpc) is 2.41. The highest BCUT2D eigenvalue weighted by Crippen LogP contribution is 2.19. The molecule has 6 heteroatoms. The Hall–Kier alpha value is -1.69. The molecule has 3 N–H and O–H groups in total. The highest BCUT2D eigenvalue weighted by molar-refractivity contribution is 5.85. The van der Waals surface area contributed by atoms with Crippen molar-refractivity contribution in [1.82, 2.24) is 4.90 Å². The molecule has 116 valence electrons. The molecule has 21 heavy (non-hydrogen) atoms. The molecule has 0 radical (unpaired) electrons. The summed E-state index contributed by atoms with van der Waals surface area (Å²) in [4.78, 5) is 13.9. The first-order valence-electron chi connectivity index (χ1n) is 7.07. The molecule has 0 aromatic heterocycles. The predicted molar refractivity (Wildman–Crippen MR) is 77.8 cm³/mol. The van der Waals surface area contributed by atoms with E-state index < -0.39 is 17.2 Å². The molecule has 1 heterocycles. The molecule has 0 unspecified atom stereocenters. The van der Waals surface area contributed by atoms with Crippen molar-refractivity contribution in [2.75, 3.05) is 18.4 Å². The molecule has 1 atom stereocenters. The second kappa shape index (κ2) is 5.97. The maximum absolute atomic E-state index is 13.2. The standard InChI is InChI=1S/C15H21F2N3O/c1-15(2,18)14(21)20-7-3-4-11(9-20)19-10-5-6-12(16)13(17)8-10/h5-6,8,11,19H,3-4,7,9,18H2,1-2H3/t11-/m1/s1. The van der Waals surface area contributed by atoms with Crippen molar-refractivity contribution in [2.24, 2.45) is 5.73 Å². The summed E-state index contributed by atoms with van der Waals surface area (Å²) in [6.07, 6.45) is 1.72. The molecular weight excluding hydrogens is 276 g/mol. The third-order valence-electron chi connectivity index (χ3n) is 3.55. The fourth-order valence-corrected chi connectivity index (χ4v) is 2.51. The van der Waals surface area contributed by atoms with E-state index in [1.807, 2.05) is 0 Å². The number of carbonyl (C=O) groups is 1. The number of benzene rings is 1. The Bertz CT molecular complexity index is 528. The first kappa shape index (κ1) is 15.7. The number of hydrogen-bond donors (Lipinski definition) is 2. The summed E-state index contributed by atoms with van der Waals surface area (Å²) in [7, 11) is 0. The average molecular weight is 297 g/mol. The van der Waals surface area contributed by atoms with E-state index in [2.05, 4.69) is 5.32 Å². The van der Waals surface area contributed by atoms with Crippen LogP contribution in [0, 0.1) is 11.6 Å². The minimum atomic E-state index is -0.899. The van der Waals surface area contributed by atoms with Gasteiger partial charge in [0.05, 0.1) is 5.54 Å². The normalized spacial score (nSPS) is 19.5. The van der Waals surface area contributed by atoms with Crippen molar-refractivity contribution in [3.05, 3.63) is 29.8 Å². The number of piperidine rings is 1. The lowest BCUT2D eigenvalue weighted by atomic mass is 10.00. The summed E-state index contributed by atoms with van der Waals surface area (Å²) in [5.74, 6) is -1.85. The molecule has 1 amide bonds. The number of nitrogens with one attached hydrogen (secondary N) is 1. The molecule has 0 spiro atoms. The molecule has 1 aliphatic heterocycles. The van der Waals surface area contributed by atoms with E-state index in [0.29, 0.717) is 18.8 Å². The summed E-state index contributed by atoms with van der Waals surface area (Å²) in [5.41, 5.74) is 5.46. The van der Waals surface area contributed by atoms with Crippen LogP contribution in [-0.2, 0) is 4.79 Å². The van der Waals surface area contributed by atoms with Crippen LogP contribution in [0.15, 0.2) is 18.2 Å². The third-order valence-corrected chi connectivity index (χ3v) is 3.55. The summed E-state index contributed by atoms with van der Waals surface area (Å²) in [6.45, 7) is 4.55. The van der Waals surface area contributed by atoms with Gasteiger partial charge in [0, 0.05) is 30.9 Å². The van der Waals surface area contributed by atoms with Gasteiger partial charge in [-0.25, -0.2) is 8.78 Å². The van der Waals surface area contributed by atoms with Crippen LogP contribution in [0.4, 0.5) is 14.5 Å². The minimum Gasteiger partial charge on any atom is -0.380 e. The fourth-order valence-electron chi connectivity index (χ4n) is 2.51. The molecule has 0 bridgehead atoms. The van der Waals surface area contributed by atoms with Crippen LogP contribution in [-0.4, -0.2) is 35.5 Å². The Morgan fingerprint density at radius 3 is 2.71 bits per heavy atom. The van der Waals surface area contributed by atoms with Gasteiger partial charge in [0.1, 0.15) is 0 Å². The van der Waals surface area contributed by atoms with Crippen LogP contribution in [0.1, 0.15) is 26.7 Å². The summed E-state index contributed by atoms with van der Waals surface area (Å²) >= 11 is 0. The molecule has 1 aromatic carbocycles. The van der Waals surface area contributed by atoms with E-state index in [1.54, 1.807) is 18.7 Å². The van der Waals surface area contributed by atoms with E-state index in [0.717, 1.165) is 25.0 Å². The van der Waals surface area contributed by atoms with Crippen LogP contribution in [0.3, 0.4) is 0 Å². The number of nitrogens with two attached hydrogens (primary N) is 1. The van der Waals surface area contributed by atoms with Crippen molar-refractivity contribution in [3.8, 4) is 0 Å². The zero-order chi connectivity index (χ0) is 15.6. The second-order valence-electron chi connectivity index (χ2n) is 6.09. The molecule has 1 fully saturated rings. The van der Waals surface area contributed by atoms with Crippen molar-refractivity contribution in [3.63, 3.8) is 0 Å². The molecule has 0 saturated carbocycles. The maximum Gasteiger partial charge on any atom is 0.242 e. The Morgan fingerprint density at radius 1 is 1.38 bits per heavy atom. The number of anilines is 1. The smallest absolute Gasteiger partial charge is 0.242 e. The van der Waals surface area contributed by atoms with Crippen LogP contribution in [0.25, 0.3) is 0 Å². The van der Waals surface area contributed by atoms with E-state index >= 15 is 0 Å². The zero-order valence-electron chi connectivity index (χ0n) is 12.3. The fraction of sp³-hybridized carbons (Fsp3) is 0.533. The lowest BCUT2D eigenvalue weighted by Gasteiger charge is -2.37. The highest BCUT2D eigenvalue weighted by atomic mass is 19.2. The molecule has 2 rings (SSSR count). The van der Waals surface area contributed by atoms with Crippen LogP contribution in [0.2, 0.25) is 0 Å². The van der Waals surface area contributed by atoms with Crippen molar-refractivity contribution >= 4 is 11.6 Å². The Morgan fingerprint density at radius 2 is 2.10 bits per heavy atom. The summed E-state index contributed by atoms with van der Waals surface area (Å²) in [5, 5.41) is 3.14. The van der Waals surface area contributed by atoms with Crippen molar-refractivity contribution < 1.29 is 13.6 Å². The molecular formula is C15H21F2N3O. The predicted octanol–water partition coefficient (Wildman–Crippen LogP) is 2.10. The zero-order valence-corrected chi connectivity index (χ0v) is 12.3. The van der Waals surface area contributed by atoms with Gasteiger partial charge in [-0.15, -0.1) is 0 Å². The quantitative estimate of drug-likeness (QED) is 0.898. The Labute approximate surface area is 123 Å². The van der Waals surface area contributed by atoms with Gasteiger partial charge in [0.2, 0.25) is 5.91 Å². The van der Waals surface area contributed by atoms with Gasteiger partial charge >= 0.3 is 0 Å². The summed E-state index contributed by atoms with van der Waals surface area (Å²) in [6, 6.07) is 3.72. The SMILES string of the molecule is CC(C)(N)C(=O)N1CCC[C@@H](Nc2ccc(F)c(F)c2)C1. The maximum atomic E-state index is 13.2. The number of halogens is 2. The lowest BCUT2D eigenvalue weighted by Crippen LogP contribution is -2.55. The van der Waals surface area contributed by atoms with Gasteiger partial charge in [0.25, 0.3) is 0 Å². The Kier molecular flexibility index (Phi) is 4.46. The van der Waals surface area contributed by atoms with Gasteiger partial charge in [0.15, 0.2) is 11.6 Å². The van der Waals surface area contributed by atoms with Gasteiger partial charge < -0.3 is 16.0 Å². The Balaban J connectivity index is 2.01. The molecule has 1 saturated heterocycles. The highest BCUT2D eigenvalue weighted by Gasteiger charge is 2.31. The third kappa shape index (κ3) is 3.91. The molecule has 4 nitrogen and oxygen atoms in total. The van der Waals surface area contributed by atoms with Crippen LogP contribution < -0.4 is 11.1 Å². The van der Waals surface area contributed by atoms with E-state index in [1.165, 1.54) is 6.07 Å². The minimum absolute atomic E-state index is 0.00918. The number of carbonyl (C=O) groups excluding carboxylic acids is 1. The van der Waals surface area contributed by atoms with E-state index in [9.17, 15) is 13.6 Å². The van der Waals surface area contributed by atoms with E-state index in [-0.39, 0.29) is 11.9 Å². The number of likely N-dealkylation sites (tertiary alicyclic amines) is 1. The first-order chi connectivity index (χ1) is 9.77. The van der Waals surface area contributed by atoms with Crippen molar-refractivity contribution in [1.29, 1.82) is 0 Å². The summed E-state index contributed by atoms with van der Waals surface area (Å²) < 4.78 is 26.1. The van der Waals surface area contributed by atoms with Crippen molar-refractivity contribution in [2.45, 2.75) is 38.3 Å². The molecule has 1 aliphatic rings. The topological polar surface area (TPSA) is 58.4 Å². The number of hydrogen-bond acceptors (Lipinski definition) is 3. The van der Waals surface area contributed by atoms with Gasteiger partial charge in [-0.05, 0) is 38.8 Å². The van der Waals surface area contributed by atoms with Gasteiger partial charge in [-0.1, -0.05) is 0 Å².